The van der Waals surface area contributed by atoms with Crippen LogP contribution in [0.2, 0.25) is 10.0 Å². The van der Waals surface area contributed by atoms with Gasteiger partial charge in [0.2, 0.25) is 12.7 Å². The Bertz CT molecular complexity index is 1330. The monoisotopic (exact) mass is 481 g/mol. The Morgan fingerprint density at radius 1 is 1.06 bits per heavy atom. The van der Waals surface area contributed by atoms with Gasteiger partial charge in [-0.3, -0.25) is 4.79 Å². The number of nitrogens with zero attached hydrogens (tertiary/aromatic N) is 2. The maximum Gasteiger partial charge on any atom is 0.243 e. The Balaban J connectivity index is 1.42. The van der Waals surface area contributed by atoms with Crippen molar-refractivity contribution in [2.24, 2.45) is 0 Å². The van der Waals surface area contributed by atoms with Crippen molar-refractivity contribution in [1.82, 2.24) is 14.9 Å². The summed E-state index contributed by atoms with van der Waals surface area (Å²) in [5, 5.41) is 4.16. The summed E-state index contributed by atoms with van der Waals surface area (Å²) in [6.07, 6.45) is 0.410. The quantitative estimate of drug-likeness (QED) is 0.392. The number of hydrogen-bond acceptors (Lipinski definition) is 4. The number of imidazole rings is 1. The molecular weight excluding hydrogens is 461 g/mol. The summed E-state index contributed by atoms with van der Waals surface area (Å²) in [5.41, 5.74) is 3.40. The van der Waals surface area contributed by atoms with Crippen LogP contribution in [0.1, 0.15) is 29.9 Å². The zero-order chi connectivity index (χ0) is 22.9. The van der Waals surface area contributed by atoms with Gasteiger partial charge in [0.05, 0.1) is 11.0 Å². The van der Waals surface area contributed by atoms with Crippen molar-refractivity contribution in [3.05, 3.63) is 87.7 Å². The topological polar surface area (TPSA) is 65.4 Å². The number of benzene rings is 3. The number of para-hydroxylation sites is 2. The molecule has 168 valence electrons. The van der Waals surface area contributed by atoms with E-state index in [1.165, 1.54) is 0 Å². The lowest BCUT2D eigenvalue weighted by Gasteiger charge is -2.18. The molecule has 6 nitrogen and oxygen atoms in total. The van der Waals surface area contributed by atoms with Crippen LogP contribution < -0.4 is 14.8 Å². The molecule has 2 heterocycles. The lowest BCUT2D eigenvalue weighted by molar-refractivity contribution is -0.124. The molecule has 1 aliphatic heterocycles. The average molecular weight is 482 g/mol. The van der Waals surface area contributed by atoms with Crippen molar-refractivity contribution in [2.75, 3.05) is 6.79 Å². The van der Waals surface area contributed by atoms with Gasteiger partial charge in [0.25, 0.3) is 0 Å². The molecule has 8 heteroatoms. The summed E-state index contributed by atoms with van der Waals surface area (Å²) in [6, 6.07) is 18.3. The zero-order valence-electron chi connectivity index (χ0n) is 17.8. The summed E-state index contributed by atoms with van der Waals surface area (Å²) in [4.78, 5) is 17.9. The van der Waals surface area contributed by atoms with Crippen molar-refractivity contribution >= 4 is 40.1 Å². The highest BCUT2D eigenvalue weighted by Gasteiger charge is 2.23. The second kappa shape index (κ2) is 8.96. The van der Waals surface area contributed by atoms with Crippen LogP contribution in [0.5, 0.6) is 11.5 Å². The zero-order valence-corrected chi connectivity index (χ0v) is 19.4. The van der Waals surface area contributed by atoms with Crippen LogP contribution >= 0.6 is 23.2 Å². The number of amides is 1. The van der Waals surface area contributed by atoms with E-state index in [2.05, 4.69) is 5.32 Å². The summed E-state index contributed by atoms with van der Waals surface area (Å²) >= 11 is 12.8. The fourth-order valence-electron chi connectivity index (χ4n) is 4.02. The molecule has 3 aromatic carbocycles. The summed E-state index contributed by atoms with van der Waals surface area (Å²) in [6.45, 7) is 2.45. The van der Waals surface area contributed by atoms with Gasteiger partial charge >= 0.3 is 0 Å². The molecule has 1 N–H and O–H groups in total. The van der Waals surface area contributed by atoms with Crippen LogP contribution in [0.25, 0.3) is 11.0 Å². The Kier molecular flexibility index (Phi) is 5.87. The van der Waals surface area contributed by atoms with Crippen molar-refractivity contribution in [3.63, 3.8) is 0 Å². The highest BCUT2D eigenvalue weighted by molar-refractivity contribution is 6.36. The summed E-state index contributed by atoms with van der Waals surface area (Å²) in [5.74, 6) is 2.00. The van der Waals surface area contributed by atoms with E-state index in [4.69, 9.17) is 37.7 Å². The molecule has 1 aliphatic rings. The molecular formula is C25H21Cl2N3O3. The summed E-state index contributed by atoms with van der Waals surface area (Å²) < 4.78 is 12.7. The highest BCUT2D eigenvalue weighted by Crippen LogP contribution is 2.33. The number of ether oxygens (including phenoxy) is 2. The Morgan fingerprint density at radius 3 is 2.64 bits per heavy atom. The van der Waals surface area contributed by atoms with Crippen LogP contribution in [-0.2, 0) is 17.8 Å². The molecule has 1 aromatic heterocycles. The van der Waals surface area contributed by atoms with Crippen molar-refractivity contribution in [2.45, 2.75) is 25.9 Å². The number of carbonyl (C=O) groups excluding carboxylic acids is 1. The van der Waals surface area contributed by atoms with Gasteiger partial charge in [-0.25, -0.2) is 4.98 Å². The lowest BCUT2D eigenvalue weighted by Crippen LogP contribution is -2.31. The first kappa shape index (κ1) is 21.6. The molecule has 0 aliphatic carbocycles. The van der Waals surface area contributed by atoms with Gasteiger partial charge in [0.1, 0.15) is 11.9 Å². The second-order valence-electron chi connectivity index (χ2n) is 7.85. The van der Waals surface area contributed by atoms with E-state index >= 15 is 0 Å². The maximum absolute atomic E-state index is 13.2. The fourth-order valence-corrected chi connectivity index (χ4v) is 4.55. The van der Waals surface area contributed by atoms with Gasteiger partial charge in [0, 0.05) is 23.0 Å². The van der Waals surface area contributed by atoms with E-state index in [0.29, 0.717) is 34.5 Å². The molecule has 0 bridgehead atoms. The molecule has 33 heavy (non-hydrogen) atoms. The van der Waals surface area contributed by atoms with Gasteiger partial charge in [-0.1, -0.05) is 47.5 Å². The van der Waals surface area contributed by atoms with Crippen LogP contribution in [-0.4, -0.2) is 22.3 Å². The van der Waals surface area contributed by atoms with Gasteiger partial charge < -0.3 is 19.4 Å². The molecule has 5 rings (SSSR count). The number of halogens is 2. The number of nitrogens with one attached hydrogen (secondary N) is 1. The molecule has 0 fully saturated rings. The van der Waals surface area contributed by atoms with Gasteiger partial charge in [-0.05, 0) is 54.4 Å². The van der Waals surface area contributed by atoms with Crippen LogP contribution in [0.4, 0.5) is 0 Å². The number of carbonyl (C=O) groups is 1. The largest absolute Gasteiger partial charge is 0.454 e. The molecule has 1 atom stereocenters. The van der Waals surface area contributed by atoms with Crippen molar-refractivity contribution < 1.29 is 14.3 Å². The van der Waals surface area contributed by atoms with E-state index < -0.39 is 6.04 Å². The molecule has 0 spiro atoms. The van der Waals surface area contributed by atoms with E-state index in [1.54, 1.807) is 12.1 Å². The standard InChI is InChI=1S/C25H21Cl2N3O3/c1-15(25(31)28-13-16-9-10-22-23(11-16)33-14-32-22)30-21-8-3-2-7-20(21)29-24(30)12-17-18(26)5-4-6-19(17)27/h2-11,15H,12-14H2,1H3,(H,28,31)/t15-/m0/s1. The molecule has 0 radical (unpaired) electrons. The summed E-state index contributed by atoms with van der Waals surface area (Å²) in [7, 11) is 0. The normalized spacial score (nSPS) is 13.3. The third kappa shape index (κ3) is 4.24. The number of hydrogen-bond donors (Lipinski definition) is 1. The number of rotatable bonds is 6. The first-order valence-corrected chi connectivity index (χ1v) is 11.3. The van der Waals surface area contributed by atoms with Crippen molar-refractivity contribution in [3.8, 4) is 11.5 Å². The molecule has 0 saturated heterocycles. The van der Waals surface area contributed by atoms with E-state index in [9.17, 15) is 4.79 Å². The smallest absolute Gasteiger partial charge is 0.243 e. The first-order valence-electron chi connectivity index (χ1n) is 10.6. The SMILES string of the molecule is C[C@@H](C(=O)NCc1ccc2c(c1)OCO2)n1c(Cc2c(Cl)cccc2Cl)nc2ccccc21. The highest BCUT2D eigenvalue weighted by atomic mass is 35.5. The maximum atomic E-state index is 13.2. The third-order valence-corrected chi connectivity index (χ3v) is 6.44. The minimum atomic E-state index is -0.498. The minimum absolute atomic E-state index is 0.123. The molecule has 0 saturated carbocycles. The Hall–Kier alpha value is -3.22. The third-order valence-electron chi connectivity index (χ3n) is 5.74. The van der Waals surface area contributed by atoms with E-state index in [0.717, 1.165) is 28.0 Å². The number of aromatic nitrogens is 2. The van der Waals surface area contributed by atoms with Gasteiger partial charge in [-0.15, -0.1) is 0 Å². The Labute approximate surface area is 201 Å². The molecule has 4 aromatic rings. The fraction of sp³-hybridized carbons (Fsp3) is 0.200. The second-order valence-corrected chi connectivity index (χ2v) is 8.66. The van der Waals surface area contributed by atoms with Crippen LogP contribution in [0, 0.1) is 0 Å². The van der Waals surface area contributed by atoms with Crippen LogP contribution in [0.3, 0.4) is 0 Å². The van der Waals surface area contributed by atoms with Gasteiger partial charge in [0.15, 0.2) is 11.5 Å². The Morgan fingerprint density at radius 2 is 1.82 bits per heavy atom. The van der Waals surface area contributed by atoms with E-state index in [-0.39, 0.29) is 12.7 Å². The number of fused-ring (bicyclic) bond motifs is 2. The average Bonchev–Trinajstić information content (AvgIpc) is 3.43. The first-order chi connectivity index (χ1) is 16.0. The predicted molar refractivity (Wildman–Crippen MR) is 128 cm³/mol. The van der Waals surface area contributed by atoms with Crippen LogP contribution in [0.15, 0.2) is 60.7 Å². The van der Waals surface area contributed by atoms with E-state index in [1.807, 2.05) is 60.0 Å². The molecule has 1 amide bonds. The molecule has 0 unspecified atom stereocenters. The lowest BCUT2D eigenvalue weighted by atomic mass is 10.1. The van der Waals surface area contributed by atoms with Crippen molar-refractivity contribution in [1.29, 1.82) is 0 Å². The predicted octanol–water partition coefficient (Wildman–Crippen LogP) is 5.54. The van der Waals surface area contributed by atoms with Gasteiger partial charge in [-0.2, -0.15) is 0 Å². The minimum Gasteiger partial charge on any atom is -0.454 e.